The van der Waals surface area contributed by atoms with E-state index in [0.717, 1.165) is 83.3 Å². The number of rotatable bonds is 9. The molecule has 3 heterocycles. The Kier molecular flexibility index (Phi) is 9.34. The Bertz CT molecular complexity index is 3990. The number of phenolic OH excluding ortho intramolecular Hbond substituents is 1. The Balaban J connectivity index is 1.11. The fraction of sp³-hybridized carbons (Fsp3) is 0.0625. The van der Waals surface area contributed by atoms with Crippen LogP contribution in [-0.2, 0) is 5.41 Å². The maximum Gasteiger partial charge on any atom is 0.149 e. The molecule has 330 valence electrons. The van der Waals surface area contributed by atoms with Gasteiger partial charge in [0.2, 0.25) is 0 Å². The van der Waals surface area contributed by atoms with Crippen LogP contribution in [0.5, 0.6) is 5.75 Å². The Hall–Kier alpha value is -8.80. The zero-order chi connectivity index (χ0) is 49.1. The van der Waals surface area contributed by atoms with Gasteiger partial charge in [-0.15, -0.1) is 0 Å². The van der Waals surface area contributed by atoms with Crippen molar-refractivity contribution in [2.24, 2.45) is 0 Å². The van der Waals surface area contributed by atoms with Crippen molar-refractivity contribution in [1.29, 1.82) is 0 Å². The quantitative estimate of drug-likeness (QED) is 0.157. The molecule has 0 unspecified atom stereocenters. The summed E-state index contributed by atoms with van der Waals surface area (Å²) in [6.07, 6.45) is 1.90. The van der Waals surface area contributed by atoms with E-state index in [2.05, 4.69) is 163 Å². The van der Waals surface area contributed by atoms with Gasteiger partial charge >= 0.3 is 0 Å². The van der Waals surface area contributed by atoms with Gasteiger partial charge in [-0.25, -0.2) is 4.98 Å². The molecule has 3 aromatic heterocycles. The van der Waals surface area contributed by atoms with Gasteiger partial charge in [0.05, 0.1) is 39.0 Å². The lowest BCUT2D eigenvalue weighted by Gasteiger charge is -2.26. The van der Waals surface area contributed by atoms with Gasteiger partial charge in [0, 0.05) is 54.4 Å². The maximum atomic E-state index is 11.6. The first-order valence-electron chi connectivity index (χ1n) is 24.8. The van der Waals surface area contributed by atoms with Gasteiger partial charge in [0.1, 0.15) is 11.6 Å². The topological polar surface area (TPSA) is 55.9 Å². The highest BCUT2D eigenvalue weighted by atomic mass is 16.3. The lowest BCUT2D eigenvalue weighted by molar-refractivity contribution is 0.477. The molecular weight excluding hydrogens is 841 g/mol. The molecule has 1 N–H and O–H groups in total. The predicted octanol–water partition coefficient (Wildman–Crippen LogP) is 16.2. The molecule has 9 aromatic carbocycles. The normalized spacial score (nSPS) is 12.6. The van der Waals surface area contributed by atoms with E-state index in [-0.39, 0.29) is 16.7 Å². The fourth-order valence-electron chi connectivity index (χ4n) is 10.1. The number of para-hydroxylation sites is 4. The van der Waals surface area contributed by atoms with Crippen molar-refractivity contribution in [3.8, 4) is 73.2 Å². The van der Waals surface area contributed by atoms with Gasteiger partial charge in [-0.3, -0.25) is 9.55 Å². The van der Waals surface area contributed by atoms with Crippen LogP contribution in [0.2, 0.25) is 0 Å². The number of hydrogen-bond donors (Lipinski definition) is 1. The number of phenols is 1. The highest BCUT2D eigenvalue weighted by Gasteiger charge is 2.26. The Morgan fingerprint density at radius 3 is 1.94 bits per heavy atom. The summed E-state index contributed by atoms with van der Waals surface area (Å²) in [6.45, 7) is 2.20. The average molecular weight is 892 g/mol. The second-order valence-electron chi connectivity index (χ2n) is 18.2. The standard InChI is InChI=1S/C64H48N4O/c1-42-30-35-58(53(38-42)44-18-7-4-8-19-44)68-59-28-17-26-51(61(59)66-63(68)52-25-14-16-29-60(52)69)55-40-46(39-54-50-24-13-15-27-57(50)67(62(54)55)49-22-11-6-12-23-49)56-41-45(36-37-65-56)43-31-33-48(34-32-43)64(2,3)47-20-9-5-10-21-47/h4-41,69H,1-3H3/i1D3. The summed E-state index contributed by atoms with van der Waals surface area (Å²) in [5.41, 5.74) is 15.7. The van der Waals surface area contributed by atoms with Crippen molar-refractivity contribution in [3.63, 3.8) is 0 Å². The van der Waals surface area contributed by atoms with Crippen LogP contribution in [0.3, 0.4) is 0 Å². The first kappa shape index (κ1) is 38.3. The van der Waals surface area contributed by atoms with Crippen LogP contribution >= 0.6 is 0 Å². The van der Waals surface area contributed by atoms with Gasteiger partial charge in [-0.2, -0.15) is 0 Å². The number of aromatic nitrogens is 4. The van der Waals surface area contributed by atoms with Crippen LogP contribution in [0.25, 0.3) is 100 Å². The summed E-state index contributed by atoms with van der Waals surface area (Å²) in [4.78, 5) is 10.6. The molecule has 5 heteroatoms. The van der Waals surface area contributed by atoms with Crippen LogP contribution in [0.4, 0.5) is 0 Å². The van der Waals surface area contributed by atoms with Crippen molar-refractivity contribution < 1.29 is 9.22 Å². The van der Waals surface area contributed by atoms with Crippen molar-refractivity contribution in [2.45, 2.75) is 26.1 Å². The van der Waals surface area contributed by atoms with E-state index in [1.165, 1.54) is 11.1 Å². The largest absolute Gasteiger partial charge is 0.507 e. The minimum Gasteiger partial charge on any atom is -0.507 e. The Morgan fingerprint density at radius 1 is 0.478 bits per heavy atom. The van der Waals surface area contributed by atoms with E-state index in [1.54, 1.807) is 24.3 Å². The highest BCUT2D eigenvalue weighted by molar-refractivity contribution is 6.17. The Morgan fingerprint density at radius 2 is 1.16 bits per heavy atom. The second kappa shape index (κ2) is 16.8. The van der Waals surface area contributed by atoms with Crippen LogP contribution in [0.15, 0.2) is 231 Å². The predicted molar refractivity (Wildman–Crippen MR) is 285 cm³/mol. The zero-order valence-corrected chi connectivity index (χ0v) is 38.2. The van der Waals surface area contributed by atoms with Crippen LogP contribution in [0.1, 0.15) is 34.7 Å². The summed E-state index contributed by atoms with van der Waals surface area (Å²) in [5, 5.41) is 13.8. The molecule has 0 amide bonds. The summed E-state index contributed by atoms with van der Waals surface area (Å²) in [7, 11) is 0. The molecule has 0 spiro atoms. The molecule has 0 bridgehead atoms. The molecule has 0 radical (unpaired) electrons. The third-order valence-electron chi connectivity index (χ3n) is 13.7. The van der Waals surface area contributed by atoms with E-state index >= 15 is 0 Å². The van der Waals surface area contributed by atoms with E-state index in [9.17, 15) is 5.11 Å². The summed E-state index contributed by atoms with van der Waals surface area (Å²) >= 11 is 0. The minimum atomic E-state index is -2.33. The maximum absolute atomic E-state index is 11.6. The highest BCUT2D eigenvalue weighted by Crippen LogP contribution is 2.45. The lowest BCUT2D eigenvalue weighted by Crippen LogP contribution is -2.18. The smallest absolute Gasteiger partial charge is 0.149 e. The number of nitrogens with zero attached hydrogens (tertiary/aromatic N) is 4. The molecule has 0 saturated heterocycles. The molecule has 5 nitrogen and oxygen atoms in total. The van der Waals surface area contributed by atoms with Gasteiger partial charge in [-0.05, 0) is 107 Å². The van der Waals surface area contributed by atoms with Crippen LogP contribution < -0.4 is 0 Å². The minimum absolute atomic E-state index is 0.0741. The molecule has 0 atom stereocenters. The van der Waals surface area contributed by atoms with Crippen LogP contribution in [-0.4, -0.2) is 24.2 Å². The molecule has 69 heavy (non-hydrogen) atoms. The first-order valence-corrected chi connectivity index (χ1v) is 23.3. The fourth-order valence-corrected chi connectivity index (χ4v) is 10.1. The SMILES string of the molecule is [2H]C([2H])([2H])c1ccc(-n2c(-c3ccccc3O)nc3c(-c4cc(-c5cc(-c6ccc(C(C)(C)c7ccccc7)cc6)ccn5)cc5c6ccccc6n(-c6ccccc6)c45)cccc32)c(-c2ccccc2)c1. The van der Waals surface area contributed by atoms with Gasteiger partial charge in [0.15, 0.2) is 0 Å². The van der Waals surface area contributed by atoms with E-state index in [0.29, 0.717) is 16.9 Å². The first-order chi connectivity index (χ1) is 35.0. The molecule has 0 fully saturated rings. The molecule has 12 rings (SSSR count). The van der Waals surface area contributed by atoms with Crippen molar-refractivity contribution >= 4 is 32.8 Å². The zero-order valence-electron chi connectivity index (χ0n) is 41.2. The number of aromatic hydroxyl groups is 1. The molecule has 0 saturated carbocycles. The van der Waals surface area contributed by atoms with Gasteiger partial charge in [0.25, 0.3) is 0 Å². The second-order valence-corrected chi connectivity index (χ2v) is 18.2. The molecule has 0 aliphatic heterocycles. The van der Waals surface area contributed by atoms with E-state index in [4.69, 9.17) is 14.1 Å². The molecular formula is C64H48N4O. The molecule has 12 aromatic rings. The third kappa shape index (κ3) is 7.18. The molecule has 0 aliphatic carbocycles. The summed E-state index contributed by atoms with van der Waals surface area (Å²) in [5.74, 6) is 0.586. The number of aryl methyl sites for hydroxylation is 1. The number of hydrogen-bond acceptors (Lipinski definition) is 3. The van der Waals surface area contributed by atoms with Crippen LogP contribution in [0, 0.1) is 6.85 Å². The van der Waals surface area contributed by atoms with E-state index in [1.807, 2.05) is 66.9 Å². The number of pyridine rings is 1. The average Bonchev–Trinajstić information content (AvgIpc) is 3.97. The summed E-state index contributed by atoms with van der Waals surface area (Å²) in [6, 6.07) is 75.8. The van der Waals surface area contributed by atoms with Crippen molar-refractivity contribution in [3.05, 3.63) is 247 Å². The van der Waals surface area contributed by atoms with Gasteiger partial charge in [-0.1, -0.05) is 171 Å². The number of fused-ring (bicyclic) bond motifs is 4. The van der Waals surface area contributed by atoms with Gasteiger partial charge < -0.3 is 9.67 Å². The van der Waals surface area contributed by atoms with Crippen molar-refractivity contribution in [2.75, 3.05) is 0 Å². The third-order valence-corrected chi connectivity index (χ3v) is 13.7. The summed E-state index contributed by atoms with van der Waals surface area (Å²) < 4.78 is 29.6. The van der Waals surface area contributed by atoms with E-state index < -0.39 is 6.85 Å². The van der Waals surface area contributed by atoms with Crippen molar-refractivity contribution in [1.82, 2.24) is 19.1 Å². The molecule has 0 aliphatic rings. The lowest BCUT2D eigenvalue weighted by atomic mass is 9.78. The monoisotopic (exact) mass is 891 g/mol. The number of benzene rings is 9. The number of imidazole rings is 1. The Labute approximate surface area is 406 Å².